The average Bonchev–Trinajstić information content (AvgIpc) is 2.73. The first kappa shape index (κ1) is 10.8. The first-order chi connectivity index (χ1) is 7.86. The third-order valence-corrected chi connectivity index (χ3v) is 4.24. The molecule has 1 fully saturated rings. The van der Waals surface area contributed by atoms with E-state index in [0.717, 1.165) is 37.3 Å². The Hall–Kier alpha value is -0.320. The summed E-state index contributed by atoms with van der Waals surface area (Å²) in [6.07, 6.45) is 4.07. The molecule has 3 rings (SSSR count). The van der Waals surface area contributed by atoms with E-state index < -0.39 is 0 Å². The predicted octanol–water partition coefficient (Wildman–Crippen LogP) is 3.08. The Labute approximate surface area is 103 Å². The molecule has 3 heterocycles. The smallest absolute Gasteiger partial charge is 0.172 e. The van der Waals surface area contributed by atoms with Crippen molar-refractivity contribution in [3.63, 3.8) is 0 Å². The highest BCUT2D eigenvalue weighted by atomic mass is 79.9. The fourth-order valence-corrected chi connectivity index (χ4v) is 3.38. The molecule has 0 amide bonds. The fourth-order valence-electron chi connectivity index (χ4n) is 2.74. The minimum atomic E-state index is 0.473. The fraction of sp³-hybridized carbons (Fsp3) is 0.667. The molecule has 0 aromatic carbocycles. The van der Waals surface area contributed by atoms with Crippen LogP contribution >= 0.6 is 15.9 Å². The maximum Gasteiger partial charge on any atom is 0.172 e. The van der Waals surface area contributed by atoms with E-state index in [9.17, 15) is 0 Å². The molecule has 0 aliphatic carbocycles. The summed E-state index contributed by atoms with van der Waals surface area (Å²) in [7, 11) is 0. The molecule has 0 saturated carbocycles. The molecule has 1 aromatic rings. The van der Waals surface area contributed by atoms with Gasteiger partial charge in [-0.25, -0.2) is 0 Å². The van der Waals surface area contributed by atoms with Crippen LogP contribution in [0.4, 0.5) is 0 Å². The number of ether oxygens (including phenoxy) is 2. The quantitative estimate of drug-likeness (QED) is 0.795. The Kier molecular flexibility index (Phi) is 3.05. The van der Waals surface area contributed by atoms with Gasteiger partial charge >= 0.3 is 0 Å². The number of furan rings is 1. The molecule has 0 spiro atoms. The summed E-state index contributed by atoms with van der Waals surface area (Å²) in [5.41, 5.74) is 2.53. The van der Waals surface area contributed by atoms with E-state index in [2.05, 4.69) is 15.9 Å². The molecule has 1 aromatic heterocycles. The molecule has 1 saturated heterocycles. The average molecular weight is 287 g/mol. The molecule has 88 valence electrons. The van der Waals surface area contributed by atoms with Gasteiger partial charge in [0.25, 0.3) is 0 Å². The molecule has 0 radical (unpaired) electrons. The van der Waals surface area contributed by atoms with Crippen LogP contribution in [0.5, 0.6) is 0 Å². The van der Waals surface area contributed by atoms with Crippen molar-refractivity contribution in [2.45, 2.75) is 25.4 Å². The molecule has 4 heteroatoms. The van der Waals surface area contributed by atoms with Crippen molar-refractivity contribution in [1.29, 1.82) is 0 Å². The monoisotopic (exact) mass is 286 g/mol. The van der Waals surface area contributed by atoms with Crippen LogP contribution in [0.15, 0.2) is 15.3 Å². The van der Waals surface area contributed by atoms with Crippen LogP contribution in [0.1, 0.15) is 29.9 Å². The topological polar surface area (TPSA) is 31.6 Å². The van der Waals surface area contributed by atoms with Crippen molar-refractivity contribution >= 4 is 15.9 Å². The minimum absolute atomic E-state index is 0.473. The first-order valence-corrected chi connectivity index (χ1v) is 6.57. The van der Waals surface area contributed by atoms with Crippen molar-refractivity contribution in [3.8, 4) is 0 Å². The van der Waals surface area contributed by atoms with Crippen LogP contribution in [0.3, 0.4) is 0 Å². The van der Waals surface area contributed by atoms with Crippen LogP contribution in [-0.2, 0) is 16.1 Å². The third kappa shape index (κ3) is 1.83. The number of halogens is 1. The normalized spacial score (nSPS) is 26.7. The van der Waals surface area contributed by atoms with Gasteiger partial charge in [0, 0.05) is 30.3 Å². The Morgan fingerprint density at radius 2 is 2.00 bits per heavy atom. The Bertz CT molecular complexity index is 368. The van der Waals surface area contributed by atoms with Gasteiger partial charge in [-0.2, -0.15) is 0 Å². The van der Waals surface area contributed by atoms with E-state index in [1.165, 1.54) is 11.1 Å². The second kappa shape index (κ2) is 4.51. The second-order valence-corrected chi connectivity index (χ2v) is 5.24. The molecule has 1 atom stereocenters. The summed E-state index contributed by atoms with van der Waals surface area (Å²) in [6.45, 7) is 3.26. The minimum Gasteiger partial charge on any atom is -0.457 e. The molecule has 2 aliphatic heterocycles. The maximum atomic E-state index is 5.65. The van der Waals surface area contributed by atoms with Gasteiger partial charge < -0.3 is 13.9 Å². The zero-order chi connectivity index (χ0) is 11.0. The molecular weight excluding hydrogens is 272 g/mol. The van der Waals surface area contributed by atoms with Crippen LogP contribution in [0.25, 0.3) is 0 Å². The van der Waals surface area contributed by atoms with E-state index in [4.69, 9.17) is 13.9 Å². The Morgan fingerprint density at radius 1 is 1.19 bits per heavy atom. The molecule has 0 bridgehead atoms. The van der Waals surface area contributed by atoms with Gasteiger partial charge in [-0.1, -0.05) is 0 Å². The van der Waals surface area contributed by atoms with Gasteiger partial charge in [-0.3, -0.25) is 0 Å². The molecule has 2 aliphatic rings. The highest BCUT2D eigenvalue weighted by molar-refractivity contribution is 9.10. The van der Waals surface area contributed by atoms with Gasteiger partial charge in [0.1, 0.15) is 0 Å². The second-order valence-electron chi connectivity index (χ2n) is 4.52. The van der Waals surface area contributed by atoms with E-state index in [0.29, 0.717) is 18.4 Å². The van der Waals surface area contributed by atoms with Gasteiger partial charge in [-0.15, -0.1) is 0 Å². The van der Waals surface area contributed by atoms with Gasteiger partial charge in [0.05, 0.1) is 19.5 Å². The van der Waals surface area contributed by atoms with E-state index >= 15 is 0 Å². The first-order valence-electron chi connectivity index (χ1n) is 5.77. The van der Waals surface area contributed by atoms with E-state index in [-0.39, 0.29) is 0 Å². The lowest BCUT2D eigenvalue weighted by molar-refractivity contribution is 0.0240. The summed E-state index contributed by atoms with van der Waals surface area (Å²) in [5.74, 6) is 1.14. The molecule has 0 N–H and O–H groups in total. The molecule has 16 heavy (non-hydrogen) atoms. The summed E-state index contributed by atoms with van der Waals surface area (Å²) in [6, 6.07) is 0. The highest BCUT2D eigenvalue weighted by Gasteiger charge is 2.33. The largest absolute Gasteiger partial charge is 0.457 e. The van der Waals surface area contributed by atoms with Crippen molar-refractivity contribution < 1.29 is 13.9 Å². The third-order valence-electron chi connectivity index (χ3n) is 3.62. The molecule has 3 nitrogen and oxygen atoms in total. The van der Waals surface area contributed by atoms with Crippen LogP contribution in [-0.4, -0.2) is 19.8 Å². The SMILES string of the molecule is Brc1occ2c1C(C1CCOCC1)COC2. The predicted molar refractivity (Wildman–Crippen MR) is 62.3 cm³/mol. The Morgan fingerprint density at radius 3 is 2.81 bits per heavy atom. The Balaban J connectivity index is 1.88. The van der Waals surface area contributed by atoms with E-state index in [1.807, 2.05) is 6.26 Å². The zero-order valence-corrected chi connectivity index (χ0v) is 10.7. The number of fused-ring (bicyclic) bond motifs is 1. The highest BCUT2D eigenvalue weighted by Crippen LogP contribution is 2.41. The van der Waals surface area contributed by atoms with Crippen LogP contribution in [0, 0.1) is 5.92 Å². The summed E-state index contributed by atoms with van der Waals surface area (Å²) >= 11 is 3.51. The van der Waals surface area contributed by atoms with Gasteiger partial charge in [0.15, 0.2) is 4.67 Å². The van der Waals surface area contributed by atoms with E-state index in [1.54, 1.807) is 0 Å². The zero-order valence-electron chi connectivity index (χ0n) is 9.08. The van der Waals surface area contributed by atoms with Crippen LogP contribution < -0.4 is 0 Å². The lowest BCUT2D eigenvalue weighted by atomic mass is 9.80. The van der Waals surface area contributed by atoms with Crippen molar-refractivity contribution in [1.82, 2.24) is 0 Å². The summed E-state index contributed by atoms with van der Waals surface area (Å²) in [5, 5.41) is 0. The number of rotatable bonds is 1. The van der Waals surface area contributed by atoms with Crippen LogP contribution in [0.2, 0.25) is 0 Å². The summed E-state index contributed by atoms with van der Waals surface area (Å²) in [4.78, 5) is 0. The lowest BCUT2D eigenvalue weighted by Crippen LogP contribution is -2.28. The maximum absolute atomic E-state index is 5.65. The molecular formula is C12H15BrO3. The number of hydrogen-bond donors (Lipinski definition) is 0. The van der Waals surface area contributed by atoms with Crippen molar-refractivity contribution in [2.24, 2.45) is 5.92 Å². The molecule has 1 unspecified atom stereocenters. The van der Waals surface area contributed by atoms with Crippen molar-refractivity contribution in [2.75, 3.05) is 19.8 Å². The van der Waals surface area contributed by atoms with Crippen molar-refractivity contribution in [3.05, 3.63) is 22.1 Å². The summed E-state index contributed by atoms with van der Waals surface area (Å²) < 4.78 is 17.4. The van der Waals surface area contributed by atoms with Gasteiger partial charge in [0.2, 0.25) is 0 Å². The lowest BCUT2D eigenvalue weighted by Gasteiger charge is -2.32. The van der Waals surface area contributed by atoms with Gasteiger partial charge in [-0.05, 0) is 34.7 Å². The standard InChI is InChI=1S/C12H15BrO3/c13-12-11-9(6-16-12)5-15-7-10(11)8-1-3-14-4-2-8/h6,8,10H,1-5,7H2. The number of hydrogen-bond acceptors (Lipinski definition) is 3.